The van der Waals surface area contributed by atoms with E-state index >= 15 is 0 Å². The van der Waals surface area contributed by atoms with Gasteiger partial charge in [-0.05, 0) is 30.0 Å². The Labute approximate surface area is 174 Å². The van der Waals surface area contributed by atoms with Gasteiger partial charge in [-0.1, -0.05) is 55.0 Å². The van der Waals surface area contributed by atoms with E-state index in [0.29, 0.717) is 23.6 Å². The van der Waals surface area contributed by atoms with Crippen molar-refractivity contribution in [2.45, 2.75) is 44.1 Å². The topological polar surface area (TPSA) is 74.8 Å². The Kier molecular flexibility index (Phi) is 6.02. The first-order chi connectivity index (χ1) is 14.6. The van der Waals surface area contributed by atoms with Crippen LogP contribution in [0, 0.1) is 5.82 Å². The van der Waals surface area contributed by atoms with Gasteiger partial charge in [0.15, 0.2) is 0 Å². The van der Waals surface area contributed by atoms with Crippen molar-refractivity contribution in [1.29, 1.82) is 0 Å². The van der Waals surface area contributed by atoms with Crippen LogP contribution in [0.2, 0.25) is 0 Å². The van der Waals surface area contributed by atoms with Crippen molar-refractivity contribution >= 4 is 5.91 Å². The number of amides is 1. The van der Waals surface area contributed by atoms with Crippen LogP contribution in [0.4, 0.5) is 4.39 Å². The monoisotopic (exact) mass is 405 g/mol. The highest BCUT2D eigenvalue weighted by atomic mass is 19.1. The van der Waals surface area contributed by atoms with Crippen LogP contribution < -0.4 is 10.9 Å². The minimum Gasteiger partial charge on any atom is -0.349 e. The molecule has 1 fully saturated rings. The molecule has 5 nitrogen and oxygen atoms in total. The number of aromatic amines is 1. The van der Waals surface area contributed by atoms with Gasteiger partial charge in [0, 0.05) is 18.4 Å². The van der Waals surface area contributed by atoms with Gasteiger partial charge in [0.1, 0.15) is 11.6 Å². The average molecular weight is 405 g/mol. The van der Waals surface area contributed by atoms with Crippen LogP contribution in [0.15, 0.2) is 65.5 Å². The molecule has 0 saturated heterocycles. The molecule has 0 spiro atoms. The van der Waals surface area contributed by atoms with Crippen LogP contribution in [0.3, 0.4) is 0 Å². The van der Waals surface area contributed by atoms with E-state index in [0.717, 1.165) is 30.7 Å². The van der Waals surface area contributed by atoms with Crippen molar-refractivity contribution in [3.05, 3.63) is 99.5 Å². The normalized spacial score (nSPS) is 14.7. The summed E-state index contributed by atoms with van der Waals surface area (Å²) in [6, 6.07) is 16.9. The van der Waals surface area contributed by atoms with Gasteiger partial charge in [0.05, 0.1) is 18.2 Å². The Morgan fingerprint density at radius 2 is 1.87 bits per heavy atom. The van der Waals surface area contributed by atoms with E-state index in [4.69, 9.17) is 0 Å². The van der Waals surface area contributed by atoms with E-state index in [2.05, 4.69) is 15.3 Å². The van der Waals surface area contributed by atoms with E-state index in [9.17, 15) is 14.0 Å². The Morgan fingerprint density at radius 1 is 1.13 bits per heavy atom. The van der Waals surface area contributed by atoms with Crippen LogP contribution in [-0.4, -0.2) is 15.9 Å². The number of hydrogen-bond acceptors (Lipinski definition) is 3. The minimum absolute atomic E-state index is 0.0495. The lowest BCUT2D eigenvalue weighted by atomic mass is 9.85. The first-order valence-corrected chi connectivity index (χ1v) is 10.3. The van der Waals surface area contributed by atoms with Crippen molar-refractivity contribution in [3.8, 4) is 0 Å². The number of benzene rings is 2. The molecule has 1 atom stereocenters. The molecule has 2 N–H and O–H groups in total. The molecule has 1 amide bonds. The lowest BCUT2D eigenvalue weighted by Gasteiger charge is -2.25. The highest BCUT2D eigenvalue weighted by Crippen LogP contribution is 2.34. The van der Waals surface area contributed by atoms with Crippen molar-refractivity contribution in [3.63, 3.8) is 0 Å². The second-order valence-electron chi connectivity index (χ2n) is 7.75. The fourth-order valence-corrected chi connectivity index (χ4v) is 3.71. The van der Waals surface area contributed by atoms with Gasteiger partial charge in [-0.25, -0.2) is 9.37 Å². The largest absolute Gasteiger partial charge is 0.349 e. The van der Waals surface area contributed by atoms with Gasteiger partial charge >= 0.3 is 0 Å². The maximum atomic E-state index is 13.9. The number of rotatable bonds is 7. The van der Waals surface area contributed by atoms with Crippen LogP contribution in [-0.2, 0) is 17.6 Å². The molecule has 1 saturated carbocycles. The number of H-pyrrole nitrogens is 1. The summed E-state index contributed by atoms with van der Waals surface area (Å²) in [5.41, 5.74) is 1.72. The molecule has 0 aliphatic heterocycles. The fourth-order valence-electron chi connectivity index (χ4n) is 3.71. The molecular formula is C24H24FN3O2. The molecule has 3 aromatic rings. The van der Waals surface area contributed by atoms with Gasteiger partial charge in [0.2, 0.25) is 5.91 Å². The van der Waals surface area contributed by atoms with Crippen molar-refractivity contribution < 1.29 is 9.18 Å². The van der Waals surface area contributed by atoms with Crippen molar-refractivity contribution in [2.24, 2.45) is 0 Å². The first-order valence-electron chi connectivity index (χ1n) is 10.3. The van der Waals surface area contributed by atoms with E-state index in [1.54, 1.807) is 18.2 Å². The number of halogens is 1. The smallest absolute Gasteiger partial charge is 0.251 e. The maximum Gasteiger partial charge on any atom is 0.251 e. The number of aromatic nitrogens is 2. The predicted octanol–water partition coefficient (Wildman–Crippen LogP) is 3.82. The van der Waals surface area contributed by atoms with Gasteiger partial charge in [-0.3, -0.25) is 9.59 Å². The summed E-state index contributed by atoms with van der Waals surface area (Å²) in [5.74, 6) is 0.361. The highest BCUT2D eigenvalue weighted by molar-refractivity contribution is 5.79. The van der Waals surface area contributed by atoms with Gasteiger partial charge < -0.3 is 10.3 Å². The molecule has 1 aromatic heterocycles. The molecule has 154 valence electrons. The highest BCUT2D eigenvalue weighted by Gasteiger charge is 2.23. The summed E-state index contributed by atoms with van der Waals surface area (Å²) < 4.78 is 13.9. The molecule has 2 aromatic carbocycles. The molecule has 0 radical (unpaired) electrons. The molecule has 1 aliphatic carbocycles. The first kappa shape index (κ1) is 20.0. The van der Waals surface area contributed by atoms with E-state index in [1.807, 2.05) is 30.3 Å². The second kappa shape index (κ2) is 9.03. The maximum absolute atomic E-state index is 13.9. The van der Waals surface area contributed by atoms with Gasteiger partial charge in [-0.2, -0.15) is 0 Å². The Balaban J connectivity index is 1.55. The van der Waals surface area contributed by atoms with Crippen molar-refractivity contribution in [2.75, 3.05) is 0 Å². The van der Waals surface area contributed by atoms with E-state index in [1.165, 1.54) is 12.1 Å². The molecule has 4 rings (SSSR count). The standard InChI is InChI=1S/C24H24FN3O2/c25-20-12-5-4-9-18(20)13-22(29)27-21(16-7-2-1-3-8-16)14-19-15-23(30)28-24(26-19)17-10-6-11-17/h1-5,7-9,12,15,17,21H,6,10-11,13-14H2,(H,27,29)(H,26,28,30)/t21-/m0/s1. The van der Waals surface area contributed by atoms with E-state index in [-0.39, 0.29) is 23.9 Å². The zero-order chi connectivity index (χ0) is 20.9. The number of hydrogen-bond donors (Lipinski definition) is 2. The zero-order valence-corrected chi connectivity index (χ0v) is 16.6. The van der Waals surface area contributed by atoms with Crippen molar-refractivity contribution in [1.82, 2.24) is 15.3 Å². The minimum atomic E-state index is -0.398. The third kappa shape index (κ3) is 4.82. The SMILES string of the molecule is O=C(Cc1ccccc1F)N[C@@H](Cc1cc(=O)[nH]c(C2CCC2)n1)c1ccccc1. The van der Waals surface area contributed by atoms with Crippen LogP contribution in [0.5, 0.6) is 0 Å². The summed E-state index contributed by atoms with van der Waals surface area (Å²) in [7, 11) is 0. The molecule has 0 unspecified atom stereocenters. The quantitative estimate of drug-likeness (QED) is 0.628. The molecule has 1 heterocycles. The average Bonchev–Trinajstić information content (AvgIpc) is 2.68. The third-order valence-corrected chi connectivity index (χ3v) is 5.56. The third-order valence-electron chi connectivity index (χ3n) is 5.56. The zero-order valence-electron chi connectivity index (χ0n) is 16.6. The summed E-state index contributed by atoms with van der Waals surface area (Å²) in [6.45, 7) is 0. The van der Waals surface area contributed by atoms with Gasteiger partial charge in [-0.15, -0.1) is 0 Å². The van der Waals surface area contributed by atoms with Crippen LogP contribution in [0.1, 0.15) is 53.9 Å². The summed E-state index contributed by atoms with van der Waals surface area (Å²) in [6.07, 6.45) is 3.56. The Morgan fingerprint density at radius 3 is 2.57 bits per heavy atom. The lowest BCUT2D eigenvalue weighted by Crippen LogP contribution is -2.32. The van der Waals surface area contributed by atoms with E-state index < -0.39 is 5.82 Å². The lowest BCUT2D eigenvalue weighted by molar-refractivity contribution is -0.121. The summed E-state index contributed by atoms with van der Waals surface area (Å²) in [4.78, 5) is 32.3. The fraction of sp³-hybridized carbons (Fsp3) is 0.292. The second-order valence-corrected chi connectivity index (χ2v) is 7.75. The number of nitrogens with zero attached hydrogens (tertiary/aromatic N) is 1. The Bertz CT molecular complexity index is 1080. The van der Waals surface area contributed by atoms with Gasteiger partial charge in [0.25, 0.3) is 5.56 Å². The molecule has 30 heavy (non-hydrogen) atoms. The molecule has 0 bridgehead atoms. The van der Waals surface area contributed by atoms with Crippen LogP contribution >= 0.6 is 0 Å². The predicted molar refractivity (Wildman–Crippen MR) is 113 cm³/mol. The molecule has 1 aliphatic rings. The molecular weight excluding hydrogens is 381 g/mol. The number of carbonyl (C=O) groups is 1. The summed E-state index contributed by atoms with van der Waals surface area (Å²) in [5, 5.41) is 3.00. The Hall–Kier alpha value is -3.28. The number of nitrogens with one attached hydrogen (secondary N) is 2. The number of carbonyl (C=O) groups excluding carboxylic acids is 1. The molecule has 6 heteroatoms. The summed E-state index contributed by atoms with van der Waals surface area (Å²) >= 11 is 0. The van der Waals surface area contributed by atoms with Crippen LogP contribution in [0.25, 0.3) is 0 Å².